The molecule has 1 aliphatic rings. The van der Waals surface area contributed by atoms with Crippen molar-refractivity contribution >= 4 is 28.9 Å². The van der Waals surface area contributed by atoms with E-state index in [0.717, 1.165) is 49.3 Å². The lowest BCUT2D eigenvalue weighted by atomic mass is 10.0. The summed E-state index contributed by atoms with van der Waals surface area (Å²) >= 11 is 0. The zero-order chi connectivity index (χ0) is 24.4. The van der Waals surface area contributed by atoms with Crippen LogP contribution in [0.1, 0.15) is 38.2 Å². The van der Waals surface area contributed by atoms with Crippen molar-refractivity contribution in [3.05, 3.63) is 48.3 Å². The Kier molecular flexibility index (Phi) is 9.50. The van der Waals surface area contributed by atoms with Crippen molar-refractivity contribution in [2.45, 2.75) is 51.7 Å². The van der Waals surface area contributed by atoms with Gasteiger partial charge < -0.3 is 20.6 Å². The van der Waals surface area contributed by atoms with Gasteiger partial charge in [-0.1, -0.05) is 13.0 Å². The second kappa shape index (κ2) is 12.1. The molecule has 0 atom stereocenters. The molecule has 1 saturated heterocycles. The van der Waals surface area contributed by atoms with Crippen molar-refractivity contribution in [2.24, 2.45) is 0 Å². The van der Waals surface area contributed by atoms with Crippen molar-refractivity contribution in [3.63, 3.8) is 0 Å². The molecule has 2 heterocycles. The molecule has 1 aromatic heterocycles. The normalized spacial score (nSPS) is 14.2. The number of nitrogens with one attached hydrogen (secondary N) is 2. The number of carbonyl (C=O) groups excluding carboxylic acids is 1. The van der Waals surface area contributed by atoms with E-state index in [2.05, 4.69) is 45.6 Å². The minimum atomic E-state index is -5.08. The zero-order valence-electron chi connectivity index (χ0n) is 18.7. The molecule has 0 saturated carbocycles. The molecule has 1 aromatic carbocycles. The fraction of sp³-hybridized carbons (Fsp3) is 0.435. The highest BCUT2D eigenvalue weighted by atomic mass is 19.4. The maximum atomic E-state index is 11.9. The Morgan fingerprint density at radius 3 is 2.24 bits per heavy atom. The second-order valence-corrected chi connectivity index (χ2v) is 7.69. The van der Waals surface area contributed by atoms with Gasteiger partial charge in [0.2, 0.25) is 5.91 Å². The van der Waals surface area contributed by atoms with Gasteiger partial charge in [-0.05, 0) is 56.0 Å². The highest BCUT2D eigenvalue weighted by Gasteiger charge is 2.38. The average Bonchev–Trinajstić information content (AvgIpc) is 2.77. The Labute approximate surface area is 191 Å². The van der Waals surface area contributed by atoms with Gasteiger partial charge in [0.25, 0.3) is 0 Å². The first-order valence-corrected chi connectivity index (χ1v) is 10.7. The fourth-order valence-corrected chi connectivity index (χ4v) is 3.42. The highest BCUT2D eigenvalue weighted by molar-refractivity contribution is 5.92. The number of carboxylic acids is 1. The van der Waals surface area contributed by atoms with Crippen LogP contribution in [0, 0.1) is 6.92 Å². The molecule has 0 bridgehead atoms. The summed E-state index contributed by atoms with van der Waals surface area (Å²) in [7, 11) is 0. The van der Waals surface area contributed by atoms with E-state index >= 15 is 0 Å². The van der Waals surface area contributed by atoms with Crippen LogP contribution in [-0.2, 0) is 9.59 Å². The Morgan fingerprint density at radius 1 is 1.12 bits per heavy atom. The molecule has 1 amide bonds. The Hall–Kier alpha value is -3.30. The summed E-state index contributed by atoms with van der Waals surface area (Å²) in [6.07, 6.45) is 2.22. The molecule has 1 aliphatic heterocycles. The number of nitrogens with zero attached hydrogens (tertiary/aromatic N) is 2. The largest absolute Gasteiger partial charge is 0.490 e. The third-order valence-electron chi connectivity index (χ3n) is 5.21. The Balaban J connectivity index is 0.000000479. The van der Waals surface area contributed by atoms with Gasteiger partial charge in [-0.25, -0.2) is 4.79 Å². The summed E-state index contributed by atoms with van der Waals surface area (Å²) in [6, 6.07) is 10.7. The standard InChI is InChI=1S/C21H28N4O.C2HF3O2/c1-3-5-21(26)24-20-7-4-6-19(16(20)2)23-17-10-14-25(15-11-17)18-8-12-22-13-9-18;3-2(4,5)1(6)7/h4,6-9,12-13,17,23H,3,5,10-11,14-15H2,1-2H3,(H,24,26);(H,6,7). The van der Waals surface area contributed by atoms with Crippen LogP contribution in [0.3, 0.4) is 0 Å². The van der Waals surface area contributed by atoms with Gasteiger partial charge in [-0.3, -0.25) is 9.78 Å². The van der Waals surface area contributed by atoms with E-state index in [-0.39, 0.29) is 5.91 Å². The fourth-order valence-electron chi connectivity index (χ4n) is 3.42. The van der Waals surface area contributed by atoms with E-state index in [1.54, 1.807) is 0 Å². The molecule has 33 heavy (non-hydrogen) atoms. The van der Waals surface area contributed by atoms with Gasteiger partial charge in [0, 0.05) is 55.0 Å². The smallest absolute Gasteiger partial charge is 0.475 e. The quantitative estimate of drug-likeness (QED) is 0.564. The van der Waals surface area contributed by atoms with Crippen molar-refractivity contribution < 1.29 is 27.9 Å². The van der Waals surface area contributed by atoms with E-state index in [0.29, 0.717) is 12.5 Å². The molecular formula is C23H29F3N4O3. The predicted octanol–water partition coefficient (Wildman–Crippen LogP) is 4.84. The van der Waals surface area contributed by atoms with E-state index in [1.807, 2.05) is 31.5 Å². The summed E-state index contributed by atoms with van der Waals surface area (Å²) in [5, 5.41) is 13.8. The van der Waals surface area contributed by atoms with Crippen LogP contribution in [0.5, 0.6) is 0 Å². The molecule has 0 spiro atoms. The molecule has 7 nitrogen and oxygen atoms in total. The van der Waals surface area contributed by atoms with Gasteiger partial charge in [-0.15, -0.1) is 0 Å². The van der Waals surface area contributed by atoms with Crippen LogP contribution in [0.15, 0.2) is 42.7 Å². The van der Waals surface area contributed by atoms with Gasteiger partial charge in [0.15, 0.2) is 0 Å². The number of pyridine rings is 1. The highest BCUT2D eigenvalue weighted by Crippen LogP contribution is 2.27. The van der Waals surface area contributed by atoms with E-state index in [9.17, 15) is 18.0 Å². The summed E-state index contributed by atoms with van der Waals surface area (Å²) in [5.41, 5.74) is 4.37. The number of rotatable bonds is 6. The van der Waals surface area contributed by atoms with Crippen molar-refractivity contribution in [3.8, 4) is 0 Å². The van der Waals surface area contributed by atoms with Gasteiger partial charge in [0.05, 0.1) is 0 Å². The third-order valence-corrected chi connectivity index (χ3v) is 5.21. The number of halogens is 3. The molecule has 2 aromatic rings. The van der Waals surface area contributed by atoms with Crippen LogP contribution in [-0.4, -0.2) is 47.3 Å². The second-order valence-electron chi connectivity index (χ2n) is 7.69. The van der Waals surface area contributed by atoms with E-state index < -0.39 is 12.1 Å². The first kappa shape index (κ1) is 26.0. The summed E-state index contributed by atoms with van der Waals surface area (Å²) < 4.78 is 31.7. The molecule has 0 radical (unpaired) electrons. The van der Waals surface area contributed by atoms with Gasteiger partial charge in [-0.2, -0.15) is 13.2 Å². The zero-order valence-corrected chi connectivity index (χ0v) is 18.7. The third kappa shape index (κ3) is 8.28. The Morgan fingerprint density at radius 2 is 1.70 bits per heavy atom. The number of alkyl halides is 3. The minimum absolute atomic E-state index is 0.0819. The number of hydrogen-bond acceptors (Lipinski definition) is 5. The first-order valence-electron chi connectivity index (χ1n) is 10.7. The summed E-state index contributed by atoms with van der Waals surface area (Å²) in [5.74, 6) is -2.68. The summed E-state index contributed by atoms with van der Waals surface area (Å²) in [6.45, 7) is 6.15. The SMILES string of the molecule is CCCC(=O)Nc1cccc(NC2CCN(c3ccncc3)CC2)c1C.O=C(O)C(F)(F)F. The monoisotopic (exact) mass is 466 g/mol. The lowest BCUT2D eigenvalue weighted by molar-refractivity contribution is -0.192. The maximum Gasteiger partial charge on any atom is 0.490 e. The van der Waals surface area contributed by atoms with Crippen LogP contribution in [0.4, 0.5) is 30.2 Å². The predicted molar refractivity (Wildman–Crippen MR) is 122 cm³/mol. The maximum absolute atomic E-state index is 11.9. The molecule has 3 rings (SSSR count). The number of aromatic nitrogens is 1. The van der Waals surface area contributed by atoms with Crippen LogP contribution in [0.25, 0.3) is 0 Å². The number of carboxylic acid groups (broad SMARTS) is 1. The van der Waals surface area contributed by atoms with Gasteiger partial charge in [0.1, 0.15) is 0 Å². The molecule has 0 aliphatic carbocycles. The minimum Gasteiger partial charge on any atom is -0.475 e. The summed E-state index contributed by atoms with van der Waals surface area (Å²) in [4.78, 5) is 27.3. The number of piperidine rings is 1. The number of benzene rings is 1. The van der Waals surface area contributed by atoms with Crippen LogP contribution < -0.4 is 15.5 Å². The van der Waals surface area contributed by atoms with Crippen LogP contribution in [0.2, 0.25) is 0 Å². The molecule has 3 N–H and O–H groups in total. The molecular weight excluding hydrogens is 437 g/mol. The number of amides is 1. The number of carbonyl (C=O) groups is 2. The van der Waals surface area contributed by atoms with Gasteiger partial charge >= 0.3 is 12.1 Å². The topological polar surface area (TPSA) is 94.6 Å². The van der Waals surface area contributed by atoms with Crippen molar-refractivity contribution in [1.29, 1.82) is 0 Å². The van der Waals surface area contributed by atoms with E-state index in [1.165, 1.54) is 5.69 Å². The Bertz CT molecular complexity index is 915. The lowest BCUT2D eigenvalue weighted by Gasteiger charge is -2.34. The van der Waals surface area contributed by atoms with Crippen LogP contribution >= 0.6 is 0 Å². The van der Waals surface area contributed by atoms with Crippen molar-refractivity contribution in [2.75, 3.05) is 28.6 Å². The average molecular weight is 467 g/mol. The van der Waals surface area contributed by atoms with E-state index in [4.69, 9.17) is 9.90 Å². The number of aliphatic carboxylic acids is 1. The first-order chi connectivity index (χ1) is 15.6. The molecule has 10 heteroatoms. The number of anilines is 3. The lowest BCUT2D eigenvalue weighted by Crippen LogP contribution is -2.39. The molecule has 1 fully saturated rings. The molecule has 0 unspecified atom stereocenters. The van der Waals surface area contributed by atoms with Crippen molar-refractivity contribution in [1.82, 2.24) is 4.98 Å². The molecule has 180 valence electrons. The number of hydrogen-bond donors (Lipinski definition) is 3.